The van der Waals surface area contributed by atoms with Gasteiger partial charge in [-0.1, -0.05) is 43.3 Å². The Hall–Kier alpha value is -1.08. The second kappa shape index (κ2) is 11.1. The molecule has 27 heavy (non-hydrogen) atoms. The maximum atomic E-state index is 5.66. The lowest BCUT2D eigenvalue weighted by Crippen LogP contribution is -2.25. The Balaban J connectivity index is 1.41. The maximum absolute atomic E-state index is 5.66. The van der Waals surface area contributed by atoms with Gasteiger partial charge < -0.3 is 4.74 Å². The number of benzene rings is 1. The molecule has 1 nitrogen and oxygen atoms in total. The van der Waals surface area contributed by atoms with E-state index in [-0.39, 0.29) is 0 Å². The maximum Gasteiger partial charge on any atom is 0.0716 e. The molecule has 0 amide bonds. The molecule has 0 aliphatic heterocycles. The van der Waals surface area contributed by atoms with Crippen molar-refractivity contribution < 1.29 is 4.74 Å². The molecular formula is C26H40O. The van der Waals surface area contributed by atoms with Crippen LogP contribution in [0.5, 0.6) is 0 Å². The first-order chi connectivity index (χ1) is 13.3. The fourth-order valence-corrected chi connectivity index (χ4v) is 5.37. The lowest BCUT2D eigenvalue weighted by Gasteiger charge is -2.38. The van der Waals surface area contributed by atoms with Crippen molar-refractivity contribution in [2.45, 2.75) is 90.6 Å². The molecule has 2 fully saturated rings. The van der Waals surface area contributed by atoms with Crippen LogP contribution >= 0.6 is 0 Å². The van der Waals surface area contributed by atoms with Crippen LogP contribution in [0.1, 0.15) is 95.1 Å². The van der Waals surface area contributed by atoms with Crippen LogP contribution in [0, 0.1) is 17.8 Å². The molecule has 0 spiro atoms. The average molecular weight is 369 g/mol. The molecule has 0 unspecified atom stereocenters. The van der Waals surface area contributed by atoms with E-state index in [9.17, 15) is 0 Å². The molecular weight excluding hydrogens is 328 g/mol. The second-order valence-electron chi connectivity index (χ2n) is 8.99. The number of ether oxygens (including phenoxy) is 1. The third-order valence-corrected chi connectivity index (χ3v) is 7.10. The van der Waals surface area contributed by atoms with Gasteiger partial charge in [-0.3, -0.25) is 0 Å². The predicted molar refractivity (Wildman–Crippen MR) is 116 cm³/mol. The van der Waals surface area contributed by atoms with Crippen molar-refractivity contribution in [3.05, 3.63) is 47.5 Å². The molecule has 2 aliphatic rings. The standard InChI is InChI=1S/C26H40O/c1-3-5-6-21-7-11-23(12-8-21)25-15-17-26(18-16-25)24-13-9-22(10-14-24)20-27-19-4-2/h3,5,9-10,13-14,21,23,25-26H,4,6-8,11-12,15-20H2,1-2H3. The normalized spacial score (nSPS) is 29.3. The summed E-state index contributed by atoms with van der Waals surface area (Å²) in [5, 5.41) is 0. The summed E-state index contributed by atoms with van der Waals surface area (Å²) in [6.45, 7) is 5.94. The van der Waals surface area contributed by atoms with E-state index in [1.54, 1.807) is 5.56 Å². The largest absolute Gasteiger partial charge is 0.377 e. The van der Waals surface area contributed by atoms with Crippen molar-refractivity contribution in [2.24, 2.45) is 17.8 Å². The van der Waals surface area contributed by atoms with Gasteiger partial charge in [0.25, 0.3) is 0 Å². The average Bonchev–Trinajstić information content (AvgIpc) is 2.73. The quantitative estimate of drug-likeness (QED) is 0.338. The molecule has 0 heterocycles. The minimum absolute atomic E-state index is 0.761. The Kier molecular flexibility index (Phi) is 8.45. The van der Waals surface area contributed by atoms with Crippen molar-refractivity contribution in [3.63, 3.8) is 0 Å². The molecule has 3 rings (SSSR count). The first-order valence-corrected chi connectivity index (χ1v) is 11.6. The van der Waals surface area contributed by atoms with Gasteiger partial charge in [0, 0.05) is 6.61 Å². The van der Waals surface area contributed by atoms with Gasteiger partial charge in [-0.2, -0.15) is 0 Å². The lowest BCUT2D eigenvalue weighted by molar-refractivity contribution is 0.121. The summed E-state index contributed by atoms with van der Waals surface area (Å²) in [6, 6.07) is 9.29. The van der Waals surface area contributed by atoms with Gasteiger partial charge >= 0.3 is 0 Å². The summed E-state index contributed by atoms with van der Waals surface area (Å²) in [5.41, 5.74) is 2.87. The smallest absolute Gasteiger partial charge is 0.0716 e. The predicted octanol–water partition coefficient (Wildman–Crippen LogP) is 7.66. The fourth-order valence-electron chi connectivity index (χ4n) is 5.37. The highest BCUT2D eigenvalue weighted by Crippen LogP contribution is 2.44. The van der Waals surface area contributed by atoms with Gasteiger partial charge in [-0.25, -0.2) is 0 Å². The topological polar surface area (TPSA) is 9.23 Å². The van der Waals surface area contributed by atoms with E-state index in [2.05, 4.69) is 50.3 Å². The van der Waals surface area contributed by atoms with Crippen LogP contribution in [0.4, 0.5) is 0 Å². The van der Waals surface area contributed by atoms with Crippen molar-refractivity contribution in [1.82, 2.24) is 0 Å². The Morgan fingerprint density at radius 1 is 0.889 bits per heavy atom. The van der Waals surface area contributed by atoms with Crippen LogP contribution in [-0.2, 0) is 11.3 Å². The summed E-state index contributed by atoms with van der Waals surface area (Å²) in [4.78, 5) is 0. The Morgan fingerprint density at radius 3 is 2.11 bits per heavy atom. The zero-order valence-corrected chi connectivity index (χ0v) is 17.7. The molecule has 0 bridgehead atoms. The van der Waals surface area contributed by atoms with Crippen LogP contribution in [0.15, 0.2) is 36.4 Å². The van der Waals surface area contributed by atoms with Gasteiger partial charge in [0.05, 0.1) is 6.61 Å². The van der Waals surface area contributed by atoms with E-state index in [1.807, 2.05) is 0 Å². The number of hydrogen-bond acceptors (Lipinski definition) is 1. The monoisotopic (exact) mass is 368 g/mol. The van der Waals surface area contributed by atoms with Gasteiger partial charge in [-0.05, 0) is 106 Å². The van der Waals surface area contributed by atoms with Crippen LogP contribution in [0.25, 0.3) is 0 Å². The van der Waals surface area contributed by atoms with E-state index < -0.39 is 0 Å². The molecule has 150 valence electrons. The zero-order valence-electron chi connectivity index (χ0n) is 17.7. The number of rotatable bonds is 8. The van der Waals surface area contributed by atoms with E-state index in [4.69, 9.17) is 4.74 Å². The highest BCUT2D eigenvalue weighted by molar-refractivity contribution is 5.25. The number of hydrogen-bond donors (Lipinski definition) is 0. The van der Waals surface area contributed by atoms with Crippen molar-refractivity contribution in [2.75, 3.05) is 6.61 Å². The summed E-state index contributed by atoms with van der Waals surface area (Å²) in [7, 11) is 0. The Labute approximate surface area is 167 Å². The summed E-state index contributed by atoms with van der Waals surface area (Å²) < 4.78 is 5.66. The Morgan fingerprint density at radius 2 is 1.52 bits per heavy atom. The summed E-state index contributed by atoms with van der Waals surface area (Å²) in [5.74, 6) is 3.78. The van der Waals surface area contributed by atoms with E-state index in [1.165, 1.54) is 63.4 Å². The molecule has 0 aromatic heterocycles. The van der Waals surface area contributed by atoms with Crippen LogP contribution in [0.3, 0.4) is 0 Å². The van der Waals surface area contributed by atoms with Gasteiger partial charge in [-0.15, -0.1) is 0 Å². The zero-order chi connectivity index (χ0) is 18.9. The number of allylic oxidation sites excluding steroid dienone is 2. The molecule has 1 heteroatoms. The molecule has 2 saturated carbocycles. The molecule has 0 atom stereocenters. The van der Waals surface area contributed by atoms with Crippen LogP contribution in [0.2, 0.25) is 0 Å². The third kappa shape index (κ3) is 6.21. The van der Waals surface area contributed by atoms with Crippen molar-refractivity contribution >= 4 is 0 Å². The first-order valence-electron chi connectivity index (χ1n) is 11.6. The van der Waals surface area contributed by atoms with E-state index >= 15 is 0 Å². The van der Waals surface area contributed by atoms with Crippen molar-refractivity contribution in [1.29, 1.82) is 0 Å². The minimum atomic E-state index is 0.761. The van der Waals surface area contributed by atoms with Gasteiger partial charge in [0.1, 0.15) is 0 Å². The molecule has 0 radical (unpaired) electrons. The van der Waals surface area contributed by atoms with Crippen LogP contribution < -0.4 is 0 Å². The minimum Gasteiger partial charge on any atom is -0.377 e. The molecule has 0 saturated heterocycles. The Bertz CT molecular complexity index is 542. The third-order valence-electron chi connectivity index (χ3n) is 7.10. The van der Waals surface area contributed by atoms with Gasteiger partial charge in [0.2, 0.25) is 0 Å². The summed E-state index contributed by atoms with van der Waals surface area (Å²) in [6.07, 6.45) is 18.6. The SMILES string of the molecule is CC=CCC1CCC(C2CCC(c3ccc(COCCC)cc3)CC2)CC1. The van der Waals surface area contributed by atoms with Crippen molar-refractivity contribution in [3.8, 4) is 0 Å². The first kappa shape index (κ1) is 20.6. The summed E-state index contributed by atoms with van der Waals surface area (Å²) >= 11 is 0. The fraction of sp³-hybridized carbons (Fsp3) is 0.692. The van der Waals surface area contributed by atoms with E-state index in [0.717, 1.165) is 43.3 Å². The van der Waals surface area contributed by atoms with Gasteiger partial charge in [0.15, 0.2) is 0 Å². The molecule has 1 aromatic carbocycles. The van der Waals surface area contributed by atoms with E-state index in [0.29, 0.717) is 0 Å². The highest BCUT2D eigenvalue weighted by atomic mass is 16.5. The second-order valence-corrected chi connectivity index (χ2v) is 8.99. The van der Waals surface area contributed by atoms with Crippen LogP contribution in [-0.4, -0.2) is 6.61 Å². The lowest BCUT2D eigenvalue weighted by atomic mass is 9.68. The molecule has 2 aliphatic carbocycles. The molecule has 1 aromatic rings. The molecule has 0 N–H and O–H groups in total. The highest BCUT2D eigenvalue weighted by Gasteiger charge is 2.30.